The Morgan fingerprint density at radius 3 is 2.96 bits per heavy atom. The molecule has 2 aliphatic rings. The molecule has 3 atom stereocenters. The van der Waals surface area contributed by atoms with E-state index in [1.165, 1.54) is 19.5 Å². The van der Waals surface area contributed by atoms with Gasteiger partial charge in [-0.1, -0.05) is 0 Å². The Morgan fingerprint density at radius 2 is 2.20 bits per heavy atom. The molecular weight excluding hydrogens is 316 g/mol. The number of furan rings is 1. The van der Waals surface area contributed by atoms with Crippen molar-refractivity contribution in [2.75, 3.05) is 37.6 Å². The van der Waals surface area contributed by atoms with Crippen molar-refractivity contribution in [1.29, 1.82) is 0 Å². The molecule has 0 spiro atoms. The van der Waals surface area contributed by atoms with Crippen LogP contribution >= 0.6 is 0 Å². The van der Waals surface area contributed by atoms with Crippen LogP contribution in [-0.4, -0.2) is 54.6 Å². The number of pyridine rings is 1. The number of aromatic nitrogens is 1. The van der Waals surface area contributed by atoms with Gasteiger partial charge in [0, 0.05) is 55.9 Å². The zero-order valence-electron chi connectivity index (χ0n) is 15.0. The fourth-order valence-corrected chi connectivity index (χ4v) is 4.16. The quantitative estimate of drug-likeness (QED) is 0.905. The van der Waals surface area contributed by atoms with Crippen LogP contribution in [0.2, 0.25) is 0 Å². The fourth-order valence-electron chi connectivity index (χ4n) is 4.16. The standard InChI is InChI=1S/C19H26N4O2/c1-3-23(4-2)18-8-14-10-20-16(9-17(14)25-18)19(24)21-15-7-13-5-6-22(11-13)12-15/h8-10,13,15H,3-7,11-12H2,1-2H3,(H,21,24). The molecule has 4 rings (SSSR count). The summed E-state index contributed by atoms with van der Waals surface area (Å²) < 4.78 is 5.93. The predicted octanol–water partition coefficient (Wildman–Crippen LogP) is 2.50. The van der Waals surface area contributed by atoms with Crippen LogP contribution < -0.4 is 10.2 Å². The molecule has 0 radical (unpaired) electrons. The second-order valence-corrected chi connectivity index (χ2v) is 7.18. The van der Waals surface area contributed by atoms with Gasteiger partial charge in [0.15, 0.2) is 5.88 Å². The van der Waals surface area contributed by atoms with Crippen molar-refractivity contribution in [3.8, 4) is 0 Å². The van der Waals surface area contributed by atoms with Crippen molar-refractivity contribution < 1.29 is 9.21 Å². The molecule has 1 N–H and O–H groups in total. The van der Waals surface area contributed by atoms with Crippen LogP contribution in [-0.2, 0) is 0 Å². The van der Waals surface area contributed by atoms with E-state index in [0.29, 0.717) is 5.69 Å². The third kappa shape index (κ3) is 3.23. The lowest BCUT2D eigenvalue weighted by Crippen LogP contribution is -2.47. The van der Waals surface area contributed by atoms with Gasteiger partial charge in [-0.15, -0.1) is 0 Å². The first kappa shape index (κ1) is 16.4. The third-order valence-corrected chi connectivity index (χ3v) is 5.50. The molecule has 0 aliphatic carbocycles. The Balaban J connectivity index is 1.49. The normalized spacial score (nSPS) is 25.3. The van der Waals surface area contributed by atoms with E-state index in [2.05, 4.69) is 33.9 Å². The zero-order valence-corrected chi connectivity index (χ0v) is 15.0. The Kier molecular flexibility index (Phi) is 4.37. The Bertz CT molecular complexity index is 756. The second-order valence-electron chi connectivity index (χ2n) is 7.18. The van der Waals surface area contributed by atoms with Crippen molar-refractivity contribution in [2.45, 2.75) is 32.7 Å². The monoisotopic (exact) mass is 342 g/mol. The average Bonchev–Trinajstić information content (AvgIpc) is 3.18. The van der Waals surface area contributed by atoms with Crippen molar-refractivity contribution in [3.63, 3.8) is 0 Å². The van der Waals surface area contributed by atoms with E-state index in [9.17, 15) is 4.79 Å². The number of rotatable bonds is 5. The largest absolute Gasteiger partial charge is 0.440 e. The molecule has 2 aromatic rings. The van der Waals surface area contributed by atoms with Gasteiger partial charge in [0.25, 0.3) is 5.91 Å². The Morgan fingerprint density at radius 1 is 1.36 bits per heavy atom. The molecule has 0 aromatic carbocycles. The minimum absolute atomic E-state index is 0.102. The molecule has 2 bridgehead atoms. The summed E-state index contributed by atoms with van der Waals surface area (Å²) in [4.78, 5) is 21.5. The maximum absolute atomic E-state index is 12.6. The van der Waals surface area contributed by atoms with E-state index in [4.69, 9.17) is 4.42 Å². The molecule has 2 saturated heterocycles. The van der Waals surface area contributed by atoms with Crippen molar-refractivity contribution in [3.05, 3.63) is 24.0 Å². The summed E-state index contributed by atoms with van der Waals surface area (Å²) in [6.07, 6.45) is 4.07. The minimum atomic E-state index is -0.102. The summed E-state index contributed by atoms with van der Waals surface area (Å²) >= 11 is 0. The summed E-state index contributed by atoms with van der Waals surface area (Å²) in [7, 11) is 0. The number of hydrogen-bond donors (Lipinski definition) is 1. The number of carbonyl (C=O) groups excluding carboxylic acids is 1. The number of carbonyl (C=O) groups is 1. The van der Waals surface area contributed by atoms with Gasteiger partial charge in [-0.3, -0.25) is 9.78 Å². The molecular formula is C19H26N4O2. The topological polar surface area (TPSA) is 61.6 Å². The van der Waals surface area contributed by atoms with Gasteiger partial charge in [-0.25, -0.2) is 0 Å². The van der Waals surface area contributed by atoms with E-state index >= 15 is 0 Å². The SMILES string of the molecule is CCN(CC)c1cc2cnc(C(=O)NC3CC4CCN(C4)C3)cc2o1. The first-order chi connectivity index (χ1) is 12.2. The van der Waals surface area contributed by atoms with Crippen LogP contribution in [0.1, 0.15) is 37.2 Å². The highest BCUT2D eigenvalue weighted by Crippen LogP contribution is 2.28. The number of anilines is 1. The van der Waals surface area contributed by atoms with Gasteiger partial charge in [-0.05, 0) is 39.2 Å². The van der Waals surface area contributed by atoms with Crippen molar-refractivity contribution in [1.82, 2.24) is 15.2 Å². The maximum Gasteiger partial charge on any atom is 0.270 e. The van der Waals surface area contributed by atoms with E-state index in [1.807, 2.05) is 6.07 Å². The summed E-state index contributed by atoms with van der Waals surface area (Å²) in [6.45, 7) is 9.28. The molecule has 1 amide bonds. The summed E-state index contributed by atoms with van der Waals surface area (Å²) in [5.41, 5.74) is 1.15. The highest BCUT2D eigenvalue weighted by Gasteiger charge is 2.33. The number of nitrogens with zero attached hydrogens (tertiary/aromatic N) is 3. The van der Waals surface area contributed by atoms with Gasteiger partial charge in [0.1, 0.15) is 11.3 Å². The molecule has 2 aromatic heterocycles. The van der Waals surface area contributed by atoms with Gasteiger partial charge in [0.2, 0.25) is 0 Å². The Labute approximate surface area is 148 Å². The summed E-state index contributed by atoms with van der Waals surface area (Å²) in [5, 5.41) is 4.09. The number of hydrogen-bond acceptors (Lipinski definition) is 5. The highest BCUT2D eigenvalue weighted by molar-refractivity contribution is 5.95. The van der Waals surface area contributed by atoms with Crippen molar-refractivity contribution >= 4 is 22.8 Å². The summed E-state index contributed by atoms with van der Waals surface area (Å²) in [5.74, 6) is 1.46. The minimum Gasteiger partial charge on any atom is -0.440 e. The molecule has 0 saturated carbocycles. The maximum atomic E-state index is 12.6. The number of nitrogens with one attached hydrogen (secondary N) is 1. The molecule has 3 unspecified atom stereocenters. The summed E-state index contributed by atoms with van der Waals surface area (Å²) in [6, 6.07) is 3.98. The second kappa shape index (κ2) is 6.67. The van der Waals surface area contributed by atoms with E-state index in [1.54, 1.807) is 12.3 Å². The first-order valence-electron chi connectivity index (χ1n) is 9.34. The van der Waals surface area contributed by atoms with Crippen LogP contribution in [0.3, 0.4) is 0 Å². The predicted molar refractivity (Wildman–Crippen MR) is 98.0 cm³/mol. The lowest BCUT2D eigenvalue weighted by molar-refractivity contribution is 0.0904. The average molecular weight is 342 g/mol. The van der Waals surface area contributed by atoms with Crippen LogP contribution in [0.25, 0.3) is 11.0 Å². The van der Waals surface area contributed by atoms with Crippen LogP contribution in [0.15, 0.2) is 22.7 Å². The van der Waals surface area contributed by atoms with E-state index in [-0.39, 0.29) is 11.9 Å². The van der Waals surface area contributed by atoms with Crippen molar-refractivity contribution in [2.24, 2.45) is 5.92 Å². The number of fused-ring (bicyclic) bond motifs is 3. The molecule has 6 nitrogen and oxygen atoms in total. The first-order valence-corrected chi connectivity index (χ1v) is 9.34. The lowest BCUT2D eigenvalue weighted by atomic mass is 9.97. The van der Waals surface area contributed by atoms with Gasteiger partial charge < -0.3 is 19.5 Å². The van der Waals surface area contributed by atoms with Crippen LogP contribution in [0.4, 0.5) is 5.88 Å². The van der Waals surface area contributed by atoms with Crippen LogP contribution in [0, 0.1) is 5.92 Å². The Hall–Kier alpha value is -2.08. The smallest absolute Gasteiger partial charge is 0.270 e. The lowest BCUT2D eigenvalue weighted by Gasteiger charge is -2.30. The van der Waals surface area contributed by atoms with E-state index < -0.39 is 0 Å². The molecule has 134 valence electrons. The molecule has 2 aliphatic heterocycles. The van der Waals surface area contributed by atoms with Gasteiger partial charge >= 0.3 is 0 Å². The fraction of sp³-hybridized carbons (Fsp3) is 0.579. The van der Waals surface area contributed by atoms with E-state index in [0.717, 1.165) is 48.8 Å². The highest BCUT2D eigenvalue weighted by atomic mass is 16.4. The third-order valence-electron chi connectivity index (χ3n) is 5.50. The number of amides is 1. The zero-order chi connectivity index (χ0) is 17.4. The van der Waals surface area contributed by atoms with Gasteiger partial charge in [-0.2, -0.15) is 0 Å². The molecule has 6 heteroatoms. The molecule has 25 heavy (non-hydrogen) atoms. The van der Waals surface area contributed by atoms with Crippen LogP contribution in [0.5, 0.6) is 0 Å². The molecule has 2 fully saturated rings. The molecule has 4 heterocycles. The number of piperidine rings is 1. The van der Waals surface area contributed by atoms with Gasteiger partial charge in [0.05, 0.1) is 0 Å².